The van der Waals surface area contributed by atoms with E-state index in [0.29, 0.717) is 0 Å². The second-order valence-electron chi connectivity index (χ2n) is 4.10. The van der Waals surface area contributed by atoms with Gasteiger partial charge in [-0.1, -0.05) is 13.8 Å². The average Bonchev–Trinajstić information content (AvgIpc) is 2.26. The molecular formula is C12H19BrN2. The Morgan fingerprint density at radius 3 is 2.47 bits per heavy atom. The molecule has 0 aromatic carbocycles. The second kappa shape index (κ2) is 5.61. The summed E-state index contributed by atoms with van der Waals surface area (Å²) in [5.41, 5.74) is 7.38. The molecule has 1 heterocycles. The van der Waals surface area contributed by atoms with E-state index < -0.39 is 0 Å². The van der Waals surface area contributed by atoms with Gasteiger partial charge in [-0.15, -0.1) is 0 Å². The van der Waals surface area contributed by atoms with Crippen molar-refractivity contribution in [2.75, 3.05) is 6.54 Å². The van der Waals surface area contributed by atoms with E-state index in [1.807, 2.05) is 12.4 Å². The summed E-state index contributed by atoms with van der Waals surface area (Å²) >= 11 is 3.44. The van der Waals surface area contributed by atoms with E-state index in [1.54, 1.807) is 0 Å². The minimum atomic E-state index is 0.239. The monoisotopic (exact) mass is 270 g/mol. The molecule has 84 valence electrons. The van der Waals surface area contributed by atoms with Crippen molar-refractivity contribution in [1.82, 2.24) is 4.98 Å². The van der Waals surface area contributed by atoms with Crippen molar-refractivity contribution in [3.63, 3.8) is 0 Å². The number of hydrogen-bond acceptors (Lipinski definition) is 2. The molecular weight excluding hydrogens is 252 g/mol. The van der Waals surface area contributed by atoms with Crippen molar-refractivity contribution in [2.24, 2.45) is 11.1 Å². The molecule has 0 spiro atoms. The van der Waals surface area contributed by atoms with E-state index in [-0.39, 0.29) is 5.41 Å². The van der Waals surface area contributed by atoms with Crippen molar-refractivity contribution in [1.29, 1.82) is 0 Å². The van der Waals surface area contributed by atoms with Crippen LogP contribution in [0.15, 0.2) is 22.9 Å². The molecule has 0 atom stereocenters. The topological polar surface area (TPSA) is 38.9 Å². The molecule has 0 saturated heterocycles. The molecule has 0 unspecified atom stereocenters. The van der Waals surface area contributed by atoms with Crippen molar-refractivity contribution in [3.05, 3.63) is 28.5 Å². The van der Waals surface area contributed by atoms with E-state index >= 15 is 0 Å². The molecule has 0 radical (unpaired) electrons. The van der Waals surface area contributed by atoms with Crippen LogP contribution in [0.2, 0.25) is 0 Å². The van der Waals surface area contributed by atoms with Crippen LogP contribution in [0, 0.1) is 5.41 Å². The lowest BCUT2D eigenvalue weighted by Gasteiger charge is -2.30. The Kier molecular flexibility index (Phi) is 4.74. The van der Waals surface area contributed by atoms with Gasteiger partial charge in [-0.3, -0.25) is 4.98 Å². The third kappa shape index (κ3) is 3.28. The second-order valence-corrected chi connectivity index (χ2v) is 5.02. The van der Waals surface area contributed by atoms with Gasteiger partial charge in [-0.05, 0) is 58.8 Å². The highest BCUT2D eigenvalue weighted by Crippen LogP contribution is 2.30. The molecule has 1 aromatic heterocycles. The molecule has 3 heteroatoms. The summed E-state index contributed by atoms with van der Waals surface area (Å²) in [6.07, 6.45) is 6.99. The fourth-order valence-corrected chi connectivity index (χ4v) is 2.26. The van der Waals surface area contributed by atoms with E-state index in [0.717, 1.165) is 30.3 Å². The standard InChI is InChI=1S/C12H19BrN2/c1-3-12(4-2,9-14)6-10-5-11(13)8-15-7-10/h5,7-8H,3-4,6,9,14H2,1-2H3. The first kappa shape index (κ1) is 12.7. The normalized spacial score (nSPS) is 11.7. The van der Waals surface area contributed by atoms with Gasteiger partial charge in [-0.2, -0.15) is 0 Å². The summed E-state index contributed by atoms with van der Waals surface area (Å²) < 4.78 is 1.04. The molecule has 1 aromatic rings. The third-order valence-corrected chi connectivity index (χ3v) is 3.71. The van der Waals surface area contributed by atoms with Crippen LogP contribution >= 0.6 is 15.9 Å². The van der Waals surface area contributed by atoms with Gasteiger partial charge in [0.05, 0.1) is 0 Å². The quantitative estimate of drug-likeness (QED) is 0.893. The van der Waals surface area contributed by atoms with E-state index in [2.05, 4.69) is 40.8 Å². The summed E-state index contributed by atoms with van der Waals surface area (Å²) in [7, 11) is 0. The highest BCUT2D eigenvalue weighted by atomic mass is 79.9. The van der Waals surface area contributed by atoms with Crippen LogP contribution in [-0.2, 0) is 6.42 Å². The van der Waals surface area contributed by atoms with Crippen molar-refractivity contribution in [2.45, 2.75) is 33.1 Å². The summed E-state index contributed by atoms with van der Waals surface area (Å²) in [4.78, 5) is 4.18. The lowest BCUT2D eigenvalue weighted by atomic mass is 9.77. The predicted molar refractivity (Wildman–Crippen MR) is 67.7 cm³/mol. The average molecular weight is 271 g/mol. The van der Waals surface area contributed by atoms with Gasteiger partial charge in [0.1, 0.15) is 0 Å². The SMILES string of the molecule is CCC(CC)(CN)Cc1cncc(Br)c1. The first-order valence-corrected chi connectivity index (χ1v) is 6.24. The lowest BCUT2D eigenvalue weighted by molar-refractivity contribution is 0.271. The van der Waals surface area contributed by atoms with Crippen LogP contribution in [0.5, 0.6) is 0 Å². The molecule has 0 aliphatic rings. The fraction of sp³-hybridized carbons (Fsp3) is 0.583. The van der Waals surface area contributed by atoms with E-state index in [9.17, 15) is 0 Å². The molecule has 0 bridgehead atoms. The van der Waals surface area contributed by atoms with Crippen LogP contribution in [0.4, 0.5) is 0 Å². The Bertz CT molecular complexity index is 300. The number of hydrogen-bond donors (Lipinski definition) is 1. The maximum atomic E-state index is 5.88. The Balaban J connectivity index is 2.82. The summed E-state index contributed by atoms with van der Waals surface area (Å²) in [6, 6.07) is 2.13. The molecule has 1 rings (SSSR count). The molecule has 0 aliphatic heterocycles. The Morgan fingerprint density at radius 2 is 2.00 bits per heavy atom. The molecule has 2 nitrogen and oxygen atoms in total. The molecule has 0 saturated carbocycles. The Morgan fingerprint density at radius 1 is 1.33 bits per heavy atom. The minimum absolute atomic E-state index is 0.239. The van der Waals surface area contributed by atoms with Crippen LogP contribution in [0.3, 0.4) is 0 Å². The van der Waals surface area contributed by atoms with Crippen molar-refractivity contribution in [3.8, 4) is 0 Å². The van der Waals surface area contributed by atoms with Crippen molar-refractivity contribution >= 4 is 15.9 Å². The first-order chi connectivity index (χ1) is 7.15. The number of nitrogens with two attached hydrogens (primary N) is 1. The largest absolute Gasteiger partial charge is 0.330 e. The zero-order chi connectivity index (χ0) is 11.3. The van der Waals surface area contributed by atoms with Gasteiger partial charge in [0, 0.05) is 16.9 Å². The Labute approximate surface area is 100 Å². The number of rotatable bonds is 5. The van der Waals surface area contributed by atoms with Gasteiger partial charge in [0.2, 0.25) is 0 Å². The molecule has 15 heavy (non-hydrogen) atoms. The van der Waals surface area contributed by atoms with Gasteiger partial charge >= 0.3 is 0 Å². The Hall–Kier alpha value is -0.410. The van der Waals surface area contributed by atoms with Crippen molar-refractivity contribution < 1.29 is 0 Å². The molecule has 2 N–H and O–H groups in total. The van der Waals surface area contributed by atoms with Crippen LogP contribution in [-0.4, -0.2) is 11.5 Å². The van der Waals surface area contributed by atoms with Gasteiger partial charge in [0.15, 0.2) is 0 Å². The minimum Gasteiger partial charge on any atom is -0.330 e. The summed E-state index contributed by atoms with van der Waals surface area (Å²) in [6.45, 7) is 5.16. The zero-order valence-electron chi connectivity index (χ0n) is 9.46. The number of halogens is 1. The fourth-order valence-electron chi connectivity index (χ4n) is 1.85. The van der Waals surface area contributed by atoms with Crippen LogP contribution in [0.1, 0.15) is 32.3 Å². The smallest absolute Gasteiger partial charge is 0.0410 e. The van der Waals surface area contributed by atoms with E-state index in [1.165, 1.54) is 5.56 Å². The summed E-state index contributed by atoms with van der Waals surface area (Å²) in [5.74, 6) is 0. The number of nitrogens with zero attached hydrogens (tertiary/aromatic N) is 1. The predicted octanol–water partition coefficient (Wildman–Crippen LogP) is 3.15. The number of aromatic nitrogens is 1. The van der Waals surface area contributed by atoms with Gasteiger partial charge < -0.3 is 5.73 Å². The zero-order valence-corrected chi connectivity index (χ0v) is 11.0. The molecule has 0 aliphatic carbocycles. The molecule has 0 fully saturated rings. The highest BCUT2D eigenvalue weighted by Gasteiger charge is 2.24. The third-order valence-electron chi connectivity index (χ3n) is 3.27. The summed E-state index contributed by atoms with van der Waals surface area (Å²) in [5, 5.41) is 0. The van der Waals surface area contributed by atoms with E-state index in [4.69, 9.17) is 5.73 Å². The van der Waals surface area contributed by atoms with Gasteiger partial charge in [0.25, 0.3) is 0 Å². The molecule has 0 amide bonds. The maximum Gasteiger partial charge on any atom is 0.0410 e. The van der Waals surface area contributed by atoms with Crippen LogP contribution in [0.25, 0.3) is 0 Å². The van der Waals surface area contributed by atoms with Gasteiger partial charge in [-0.25, -0.2) is 0 Å². The lowest BCUT2D eigenvalue weighted by Crippen LogP contribution is -2.31. The van der Waals surface area contributed by atoms with Crippen LogP contribution < -0.4 is 5.73 Å². The highest BCUT2D eigenvalue weighted by molar-refractivity contribution is 9.10. The maximum absolute atomic E-state index is 5.88. The first-order valence-electron chi connectivity index (χ1n) is 5.45. The number of pyridine rings is 1.